The Bertz CT molecular complexity index is 2120. The highest BCUT2D eigenvalue weighted by atomic mass is 19.1. The Labute approximate surface area is 313 Å². The third-order valence-corrected chi connectivity index (χ3v) is 11.3. The third kappa shape index (κ3) is 7.34. The van der Waals surface area contributed by atoms with Gasteiger partial charge < -0.3 is 24.4 Å². The molecule has 4 heterocycles. The SMILES string of the molecule is CCCC.COc1c2n(cc(C(=O)NCc3c(F)cc(F)cc3F)c1=O)C1(C)CN(C2=O)C(C)CCC1(C)CC(=O)N(C)Cc1ccc2c(cnn2C)c1. The molecule has 2 aromatic heterocycles. The van der Waals surface area contributed by atoms with Crippen LogP contribution in [0.4, 0.5) is 13.2 Å². The second-order valence-electron chi connectivity index (χ2n) is 14.9. The first-order valence-electron chi connectivity index (χ1n) is 18.2. The van der Waals surface area contributed by atoms with Crippen LogP contribution < -0.4 is 15.5 Å². The predicted molar refractivity (Wildman–Crippen MR) is 199 cm³/mol. The van der Waals surface area contributed by atoms with Crippen LogP contribution in [0, 0.1) is 22.9 Å². The number of aromatic nitrogens is 3. The monoisotopic (exact) mass is 750 g/mol. The minimum atomic E-state index is -1.20. The number of hydrogen-bond donors (Lipinski definition) is 1. The Morgan fingerprint density at radius 2 is 1.74 bits per heavy atom. The molecule has 0 saturated carbocycles. The number of methoxy groups -OCH3 is 1. The number of hydrogen-bond acceptors (Lipinski definition) is 6. The highest BCUT2D eigenvalue weighted by Crippen LogP contribution is 2.51. The van der Waals surface area contributed by atoms with Gasteiger partial charge in [0.05, 0.1) is 24.4 Å². The molecule has 1 N–H and O–H groups in total. The third-order valence-electron chi connectivity index (χ3n) is 11.3. The molecule has 1 saturated heterocycles. The molecule has 2 bridgehead atoms. The van der Waals surface area contributed by atoms with E-state index in [1.54, 1.807) is 32.3 Å². The fraction of sp³-hybridized carbons (Fsp3) is 0.475. The number of pyridine rings is 1. The molecule has 6 rings (SSSR count). The van der Waals surface area contributed by atoms with Crippen LogP contribution in [0.25, 0.3) is 10.9 Å². The summed E-state index contributed by atoms with van der Waals surface area (Å²) < 4.78 is 50.9. The minimum Gasteiger partial charge on any atom is -0.491 e. The fourth-order valence-electron chi connectivity index (χ4n) is 7.36. The quantitative estimate of drug-likeness (QED) is 0.215. The van der Waals surface area contributed by atoms with Crippen molar-refractivity contribution in [1.82, 2.24) is 29.5 Å². The van der Waals surface area contributed by atoms with Crippen LogP contribution >= 0.6 is 0 Å². The molecule has 2 aromatic carbocycles. The zero-order valence-electron chi connectivity index (χ0n) is 32.2. The van der Waals surface area contributed by atoms with Crippen molar-refractivity contribution in [3.8, 4) is 5.75 Å². The molecule has 1 fully saturated rings. The smallest absolute Gasteiger partial charge is 0.274 e. The van der Waals surface area contributed by atoms with Gasteiger partial charge in [-0.15, -0.1) is 0 Å². The Morgan fingerprint density at radius 3 is 2.37 bits per heavy atom. The molecule has 2 aliphatic heterocycles. The summed E-state index contributed by atoms with van der Waals surface area (Å²) in [5, 5.41) is 7.60. The van der Waals surface area contributed by atoms with Gasteiger partial charge in [0.1, 0.15) is 23.0 Å². The van der Waals surface area contributed by atoms with E-state index >= 15 is 0 Å². The van der Waals surface area contributed by atoms with E-state index in [9.17, 15) is 32.3 Å². The summed E-state index contributed by atoms with van der Waals surface area (Å²) in [5.74, 6) is -5.43. The van der Waals surface area contributed by atoms with Gasteiger partial charge in [0, 0.05) is 80.9 Å². The maximum Gasteiger partial charge on any atom is 0.274 e. The molecular formula is C40H49F3N6O5. The number of fused-ring (bicyclic) bond motifs is 5. The summed E-state index contributed by atoms with van der Waals surface area (Å²) in [6.45, 7) is 10.0. The van der Waals surface area contributed by atoms with Gasteiger partial charge in [-0.2, -0.15) is 5.10 Å². The van der Waals surface area contributed by atoms with Crippen molar-refractivity contribution in [3.05, 3.63) is 92.8 Å². The fourth-order valence-corrected chi connectivity index (χ4v) is 7.36. The Kier molecular flexibility index (Phi) is 11.6. The molecule has 3 amide bonds. The first-order valence-corrected chi connectivity index (χ1v) is 18.2. The van der Waals surface area contributed by atoms with Crippen LogP contribution in [0.3, 0.4) is 0 Å². The van der Waals surface area contributed by atoms with Gasteiger partial charge in [-0.25, -0.2) is 13.2 Å². The van der Waals surface area contributed by atoms with Gasteiger partial charge in [0.2, 0.25) is 11.3 Å². The zero-order valence-corrected chi connectivity index (χ0v) is 32.2. The van der Waals surface area contributed by atoms with Crippen LogP contribution in [0.5, 0.6) is 5.75 Å². The van der Waals surface area contributed by atoms with Crippen LogP contribution in [-0.2, 0) is 30.5 Å². The van der Waals surface area contributed by atoms with E-state index in [2.05, 4.69) is 24.3 Å². The number of unbranched alkanes of at least 4 members (excludes halogenated alkanes) is 1. The lowest BCUT2D eigenvalue weighted by molar-refractivity contribution is -0.135. The van der Waals surface area contributed by atoms with Crippen molar-refractivity contribution in [2.75, 3.05) is 20.7 Å². The number of ether oxygens (including phenoxy) is 1. The number of carbonyl (C=O) groups excluding carboxylic acids is 3. The number of benzene rings is 2. The Hall–Kier alpha value is -5.14. The maximum atomic E-state index is 14.3. The van der Waals surface area contributed by atoms with Crippen LogP contribution in [0.2, 0.25) is 0 Å². The summed E-state index contributed by atoms with van der Waals surface area (Å²) in [5.41, 5.74) is -1.85. The number of aryl methyl sites for hydroxylation is 1. The lowest BCUT2D eigenvalue weighted by atomic mass is 9.66. The molecule has 0 radical (unpaired) electrons. The van der Waals surface area contributed by atoms with Crippen LogP contribution in [0.1, 0.15) is 98.7 Å². The molecule has 0 aliphatic carbocycles. The molecule has 3 unspecified atom stereocenters. The van der Waals surface area contributed by atoms with E-state index in [4.69, 9.17) is 4.74 Å². The van der Waals surface area contributed by atoms with Crippen LogP contribution in [0.15, 0.2) is 47.5 Å². The van der Waals surface area contributed by atoms with Crippen molar-refractivity contribution in [1.29, 1.82) is 0 Å². The molecule has 54 heavy (non-hydrogen) atoms. The molecule has 2 aliphatic rings. The van der Waals surface area contributed by atoms with Gasteiger partial charge in [-0.1, -0.05) is 39.7 Å². The Morgan fingerprint density at radius 1 is 1.07 bits per heavy atom. The van der Waals surface area contributed by atoms with Gasteiger partial charge in [0.25, 0.3) is 11.8 Å². The minimum absolute atomic E-state index is 0.0519. The van der Waals surface area contributed by atoms with Gasteiger partial charge in [0.15, 0.2) is 11.4 Å². The highest BCUT2D eigenvalue weighted by molar-refractivity contribution is 5.99. The highest BCUT2D eigenvalue weighted by Gasteiger charge is 2.56. The molecule has 4 aromatic rings. The summed E-state index contributed by atoms with van der Waals surface area (Å²) in [4.78, 5) is 58.5. The van der Waals surface area contributed by atoms with E-state index in [-0.39, 0.29) is 36.4 Å². The second kappa shape index (κ2) is 15.7. The first-order chi connectivity index (χ1) is 25.5. The summed E-state index contributed by atoms with van der Waals surface area (Å²) >= 11 is 0. The number of rotatable bonds is 9. The molecular weight excluding hydrogens is 701 g/mol. The van der Waals surface area contributed by atoms with E-state index in [1.807, 2.05) is 46.0 Å². The van der Waals surface area contributed by atoms with E-state index < -0.39 is 63.3 Å². The number of halogens is 3. The van der Waals surface area contributed by atoms with Gasteiger partial charge >= 0.3 is 0 Å². The first kappa shape index (κ1) is 40.1. The van der Waals surface area contributed by atoms with Crippen molar-refractivity contribution in [2.24, 2.45) is 12.5 Å². The van der Waals surface area contributed by atoms with Crippen molar-refractivity contribution in [3.63, 3.8) is 0 Å². The summed E-state index contributed by atoms with van der Waals surface area (Å²) in [7, 11) is 4.82. The normalized spacial score (nSPS) is 20.5. The standard InChI is InChI=1S/C36H39F3N6O5.C4H10/c1-20-9-10-35(2,14-29(46)42(4)17-21-7-8-28-22(11-21)15-41-43(28)5)36(3)19-44(20)34(49)30-32(50-6)31(47)25(18-45(30)36)33(48)40-16-24-26(38)12-23(37)13-27(24)39;1-3-4-2/h7-8,11-13,15,18,20H,9-10,14,16-17,19H2,1-6H3,(H,40,48);3-4H2,1-2H3. The largest absolute Gasteiger partial charge is 0.491 e. The molecule has 14 heteroatoms. The number of amides is 3. The topological polar surface area (TPSA) is 119 Å². The van der Waals surface area contributed by atoms with Gasteiger partial charge in [-0.3, -0.25) is 23.9 Å². The summed E-state index contributed by atoms with van der Waals surface area (Å²) in [6, 6.07) is 6.68. The van der Waals surface area contributed by atoms with Gasteiger partial charge in [-0.05, 0) is 44.4 Å². The lowest BCUT2D eigenvalue weighted by Gasteiger charge is -2.52. The molecule has 290 valence electrons. The number of carbonyl (C=O) groups is 3. The predicted octanol–water partition coefficient (Wildman–Crippen LogP) is 6.31. The van der Waals surface area contributed by atoms with Crippen molar-refractivity contribution in [2.45, 2.75) is 91.4 Å². The lowest BCUT2D eigenvalue weighted by Crippen LogP contribution is -2.60. The average molecular weight is 751 g/mol. The molecule has 11 nitrogen and oxygen atoms in total. The number of nitrogens with zero attached hydrogens (tertiary/aromatic N) is 5. The van der Waals surface area contributed by atoms with E-state index in [0.717, 1.165) is 16.5 Å². The average Bonchev–Trinajstić information content (AvgIpc) is 3.46. The van der Waals surface area contributed by atoms with E-state index in [0.29, 0.717) is 31.5 Å². The second-order valence-corrected chi connectivity index (χ2v) is 14.9. The zero-order chi connectivity index (χ0) is 39.7. The molecule has 3 atom stereocenters. The summed E-state index contributed by atoms with van der Waals surface area (Å²) in [6.07, 6.45) is 6.88. The molecule has 0 spiro atoms. The van der Waals surface area contributed by atoms with E-state index in [1.165, 1.54) is 26.1 Å². The maximum absolute atomic E-state index is 14.3. The number of nitrogens with one attached hydrogen (secondary N) is 1. The van der Waals surface area contributed by atoms with Crippen molar-refractivity contribution < 1.29 is 32.3 Å². The van der Waals surface area contributed by atoms with Crippen molar-refractivity contribution >= 4 is 28.6 Å². The van der Waals surface area contributed by atoms with Crippen LogP contribution in [-0.4, -0.2) is 68.6 Å². The Balaban J connectivity index is 0.00000133.